The highest BCUT2D eigenvalue weighted by Crippen LogP contribution is 2.18. The van der Waals surface area contributed by atoms with Gasteiger partial charge in [0.2, 0.25) is 15.9 Å². The Morgan fingerprint density at radius 3 is 2.55 bits per heavy atom. The first-order valence-corrected chi connectivity index (χ1v) is 12.4. The molecule has 1 fully saturated rings. The van der Waals surface area contributed by atoms with E-state index in [1.165, 1.54) is 28.6 Å². The summed E-state index contributed by atoms with van der Waals surface area (Å²) in [7, 11) is -3.73. The molecule has 1 saturated heterocycles. The van der Waals surface area contributed by atoms with Crippen LogP contribution in [0.5, 0.6) is 0 Å². The number of benzene rings is 1. The fraction of sp³-hybridized carbons (Fsp3) is 0.435. The molecule has 0 bridgehead atoms. The Bertz CT molecular complexity index is 1050. The lowest BCUT2D eigenvalue weighted by atomic mass is 10.0. The van der Waals surface area contributed by atoms with Crippen molar-refractivity contribution in [3.63, 3.8) is 0 Å². The number of carbonyl (C=O) groups excluding carboxylic acids is 2. The molecule has 1 aliphatic heterocycles. The summed E-state index contributed by atoms with van der Waals surface area (Å²) in [6, 6.07) is 10.7. The van der Waals surface area contributed by atoms with Crippen molar-refractivity contribution in [3.05, 3.63) is 59.9 Å². The molecule has 0 radical (unpaired) electrons. The topological polar surface area (TPSA) is 118 Å². The predicted octanol–water partition coefficient (Wildman–Crippen LogP) is 1.22. The van der Waals surface area contributed by atoms with Gasteiger partial charge in [-0.05, 0) is 36.2 Å². The molecule has 1 atom stereocenters. The van der Waals surface area contributed by atoms with Crippen molar-refractivity contribution in [1.29, 1.82) is 0 Å². The van der Waals surface area contributed by atoms with E-state index in [0.29, 0.717) is 26.2 Å². The molecule has 1 aromatic heterocycles. The van der Waals surface area contributed by atoms with Crippen LogP contribution in [0.1, 0.15) is 29.9 Å². The summed E-state index contributed by atoms with van der Waals surface area (Å²) >= 11 is 0. The van der Waals surface area contributed by atoms with Gasteiger partial charge in [-0.1, -0.05) is 26.0 Å². The van der Waals surface area contributed by atoms with E-state index in [2.05, 4.69) is 15.6 Å². The summed E-state index contributed by atoms with van der Waals surface area (Å²) in [5.74, 6) is -0.969. The Morgan fingerprint density at radius 2 is 1.88 bits per heavy atom. The van der Waals surface area contributed by atoms with Gasteiger partial charge in [0.25, 0.3) is 5.91 Å². The Labute approximate surface area is 194 Å². The van der Waals surface area contributed by atoms with Gasteiger partial charge in [0.1, 0.15) is 6.04 Å². The number of sulfonamides is 1. The lowest BCUT2D eigenvalue weighted by molar-refractivity contribution is -0.123. The van der Waals surface area contributed by atoms with Gasteiger partial charge in [0.15, 0.2) is 0 Å². The summed E-state index contributed by atoms with van der Waals surface area (Å²) in [4.78, 5) is 29.9. The van der Waals surface area contributed by atoms with E-state index in [1.807, 2.05) is 32.0 Å². The largest absolute Gasteiger partial charge is 0.379 e. The van der Waals surface area contributed by atoms with Crippen LogP contribution in [-0.4, -0.2) is 68.4 Å². The minimum absolute atomic E-state index is 0.0398. The molecule has 0 spiro atoms. The van der Waals surface area contributed by atoms with Crippen molar-refractivity contribution in [2.24, 2.45) is 5.92 Å². The molecule has 3 rings (SSSR count). The van der Waals surface area contributed by atoms with Gasteiger partial charge in [-0.3, -0.25) is 14.6 Å². The first-order valence-electron chi connectivity index (χ1n) is 11.0. The van der Waals surface area contributed by atoms with Crippen LogP contribution in [-0.2, 0) is 26.0 Å². The maximum atomic E-state index is 12.9. The zero-order valence-corrected chi connectivity index (χ0v) is 19.7. The van der Waals surface area contributed by atoms with Crippen LogP contribution in [0, 0.1) is 5.92 Å². The van der Waals surface area contributed by atoms with Gasteiger partial charge in [-0.2, -0.15) is 4.31 Å². The lowest BCUT2D eigenvalue weighted by Gasteiger charge is -2.26. The Hall–Kier alpha value is -2.82. The molecule has 2 aromatic rings. The lowest BCUT2D eigenvalue weighted by Crippen LogP contribution is -2.50. The van der Waals surface area contributed by atoms with Crippen LogP contribution in [0.25, 0.3) is 0 Å². The molecular formula is C23H30N4O5S. The second-order valence-electron chi connectivity index (χ2n) is 8.10. The van der Waals surface area contributed by atoms with Crippen LogP contribution in [0.15, 0.2) is 53.6 Å². The summed E-state index contributed by atoms with van der Waals surface area (Å²) in [5, 5.41) is 5.58. The molecule has 10 heteroatoms. The summed E-state index contributed by atoms with van der Waals surface area (Å²) in [6.07, 6.45) is 2.27. The molecule has 0 saturated carbocycles. The zero-order chi connectivity index (χ0) is 23.8. The third kappa shape index (κ3) is 6.59. The van der Waals surface area contributed by atoms with Crippen molar-refractivity contribution < 1.29 is 22.7 Å². The van der Waals surface area contributed by atoms with Gasteiger partial charge in [0, 0.05) is 43.5 Å². The number of morpholine rings is 1. The average Bonchev–Trinajstić information content (AvgIpc) is 2.83. The molecule has 33 heavy (non-hydrogen) atoms. The maximum absolute atomic E-state index is 12.9. The first-order chi connectivity index (χ1) is 15.8. The number of rotatable bonds is 9. The predicted molar refractivity (Wildman–Crippen MR) is 123 cm³/mol. The van der Waals surface area contributed by atoms with Gasteiger partial charge in [-0.15, -0.1) is 0 Å². The molecule has 2 N–H and O–H groups in total. The fourth-order valence-corrected chi connectivity index (χ4v) is 4.92. The fourth-order valence-electron chi connectivity index (χ4n) is 3.46. The number of carbonyl (C=O) groups is 2. The molecule has 1 aliphatic rings. The first kappa shape index (κ1) is 24.8. The maximum Gasteiger partial charge on any atom is 0.251 e. The van der Waals surface area contributed by atoms with Crippen LogP contribution < -0.4 is 10.6 Å². The smallest absolute Gasteiger partial charge is 0.251 e. The standard InChI is InChI=1S/C23H30N4O5S/c1-17(2)21(23(29)25-11-9-19-7-3-4-10-24-19)26-22(28)18-6-5-8-20(16-18)33(30,31)27-12-14-32-15-13-27/h3-8,10,16-17,21H,9,11-15H2,1-2H3,(H,25,29)(H,26,28)/t21-/m1/s1. The number of hydrogen-bond acceptors (Lipinski definition) is 6. The molecule has 1 aromatic carbocycles. The van der Waals surface area contributed by atoms with Gasteiger partial charge < -0.3 is 15.4 Å². The van der Waals surface area contributed by atoms with Crippen LogP contribution in [0.4, 0.5) is 0 Å². The van der Waals surface area contributed by atoms with Crippen LogP contribution in [0.2, 0.25) is 0 Å². The Balaban J connectivity index is 1.65. The summed E-state index contributed by atoms with van der Waals surface area (Å²) in [5.41, 5.74) is 1.04. The average molecular weight is 475 g/mol. The van der Waals surface area contributed by atoms with E-state index < -0.39 is 22.0 Å². The Morgan fingerprint density at radius 1 is 1.12 bits per heavy atom. The number of amides is 2. The molecule has 0 aliphatic carbocycles. The minimum atomic E-state index is -3.73. The number of nitrogens with one attached hydrogen (secondary N) is 2. The second-order valence-corrected chi connectivity index (χ2v) is 10.0. The highest BCUT2D eigenvalue weighted by Gasteiger charge is 2.28. The quantitative estimate of drug-likeness (QED) is 0.564. The summed E-state index contributed by atoms with van der Waals surface area (Å²) < 4.78 is 32.4. The minimum Gasteiger partial charge on any atom is -0.379 e. The van der Waals surface area contributed by atoms with E-state index >= 15 is 0 Å². The van der Waals surface area contributed by atoms with Crippen LogP contribution in [0.3, 0.4) is 0 Å². The van der Waals surface area contributed by atoms with E-state index in [4.69, 9.17) is 4.74 Å². The van der Waals surface area contributed by atoms with Gasteiger partial charge in [-0.25, -0.2) is 8.42 Å². The van der Waals surface area contributed by atoms with Crippen molar-refractivity contribution >= 4 is 21.8 Å². The van der Waals surface area contributed by atoms with Crippen LogP contribution >= 0.6 is 0 Å². The molecule has 2 heterocycles. The van der Waals surface area contributed by atoms with E-state index in [0.717, 1.165) is 5.69 Å². The third-order valence-corrected chi connectivity index (χ3v) is 7.24. The van der Waals surface area contributed by atoms with Crippen molar-refractivity contribution in [3.8, 4) is 0 Å². The van der Waals surface area contributed by atoms with E-state index in [9.17, 15) is 18.0 Å². The monoisotopic (exact) mass is 474 g/mol. The van der Waals surface area contributed by atoms with Crippen molar-refractivity contribution in [2.45, 2.75) is 31.2 Å². The third-order valence-electron chi connectivity index (χ3n) is 5.35. The summed E-state index contributed by atoms with van der Waals surface area (Å²) in [6.45, 7) is 5.28. The van der Waals surface area contributed by atoms with E-state index in [1.54, 1.807) is 6.20 Å². The molecule has 178 valence electrons. The van der Waals surface area contributed by atoms with Crippen molar-refractivity contribution in [1.82, 2.24) is 19.9 Å². The normalized spacial score (nSPS) is 15.7. The number of ether oxygens (including phenoxy) is 1. The molecular weight excluding hydrogens is 444 g/mol. The molecule has 9 nitrogen and oxygen atoms in total. The number of hydrogen-bond donors (Lipinski definition) is 2. The second kappa shape index (κ2) is 11.4. The Kier molecular flexibility index (Phi) is 8.54. The molecule has 0 unspecified atom stereocenters. The zero-order valence-electron chi connectivity index (χ0n) is 18.9. The number of pyridine rings is 1. The van der Waals surface area contributed by atoms with E-state index in [-0.39, 0.29) is 35.4 Å². The van der Waals surface area contributed by atoms with Crippen molar-refractivity contribution in [2.75, 3.05) is 32.8 Å². The van der Waals surface area contributed by atoms with Gasteiger partial charge in [0.05, 0.1) is 18.1 Å². The number of aromatic nitrogens is 1. The number of nitrogens with zero attached hydrogens (tertiary/aromatic N) is 2. The molecule has 2 amide bonds. The SMILES string of the molecule is CC(C)[C@@H](NC(=O)c1cccc(S(=O)(=O)N2CCOCC2)c1)C(=O)NCCc1ccccn1. The van der Waals surface area contributed by atoms with Gasteiger partial charge >= 0.3 is 0 Å². The highest BCUT2D eigenvalue weighted by molar-refractivity contribution is 7.89. The highest BCUT2D eigenvalue weighted by atomic mass is 32.2.